The van der Waals surface area contributed by atoms with Gasteiger partial charge in [-0.05, 0) is 44.8 Å². The number of carbonyl (C=O) groups is 1. The fourth-order valence-electron chi connectivity index (χ4n) is 2.41. The van der Waals surface area contributed by atoms with Crippen LogP contribution in [0.3, 0.4) is 0 Å². The summed E-state index contributed by atoms with van der Waals surface area (Å²) >= 11 is 1.97. The van der Waals surface area contributed by atoms with Gasteiger partial charge in [0.15, 0.2) is 0 Å². The first-order chi connectivity index (χ1) is 9.14. The number of carbonyl (C=O) groups excluding carboxylic acids is 1. The van der Waals surface area contributed by atoms with Gasteiger partial charge in [0, 0.05) is 24.5 Å². The normalized spacial score (nSPS) is 23.9. The molecule has 1 N–H and O–H groups in total. The standard InChI is InChI=1S/C14H25NO3S/c1-14(13(16)17-2,15-11-3-4-11)7-10-19-12-5-8-18-9-6-12/h11-12,15H,3-10H2,1-2H3. The van der Waals surface area contributed by atoms with Gasteiger partial charge in [-0.25, -0.2) is 0 Å². The summed E-state index contributed by atoms with van der Waals surface area (Å²) in [5.74, 6) is 0.864. The Hall–Kier alpha value is -0.260. The summed E-state index contributed by atoms with van der Waals surface area (Å²) in [6.07, 6.45) is 5.46. The van der Waals surface area contributed by atoms with E-state index in [-0.39, 0.29) is 5.97 Å². The van der Waals surface area contributed by atoms with Gasteiger partial charge >= 0.3 is 5.97 Å². The Bertz CT molecular complexity index is 303. The minimum Gasteiger partial charge on any atom is -0.468 e. The van der Waals surface area contributed by atoms with Crippen LogP contribution >= 0.6 is 11.8 Å². The summed E-state index contributed by atoms with van der Waals surface area (Å²) in [6.45, 7) is 3.74. The first-order valence-electron chi connectivity index (χ1n) is 7.19. The van der Waals surface area contributed by atoms with Crippen LogP contribution in [0.5, 0.6) is 0 Å². The average Bonchev–Trinajstić information content (AvgIpc) is 3.22. The largest absolute Gasteiger partial charge is 0.468 e. The molecule has 5 heteroatoms. The van der Waals surface area contributed by atoms with Crippen LogP contribution in [-0.2, 0) is 14.3 Å². The van der Waals surface area contributed by atoms with Crippen LogP contribution in [0.15, 0.2) is 0 Å². The predicted molar refractivity (Wildman–Crippen MR) is 77.5 cm³/mol. The molecule has 19 heavy (non-hydrogen) atoms. The van der Waals surface area contributed by atoms with Gasteiger partial charge in [0.05, 0.1) is 7.11 Å². The molecule has 1 unspecified atom stereocenters. The van der Waals surface area contributed by atoms with Crippen molar-refractivity contribution >= 4 is 17.7 Å². The Labute approximate surface area is 120 Å². The lowest BCUT2D eigenvalue weighted by molar-refractivity contribution is -0.148. The lowest BCUT2D eigenvalue weighted by Crippen LogP contribution is -2.51. The zero-order chi connectivity index (χ0) is 13.7. The molecule has 1 saturated heterocycles. The molecule has 110 valence electrons. The van der Waals surface area contributed by atoms with Crippen molar-refractivity contribution in [1.29, 1.82) is 0 Å². The fourth-order valence-corrected chi connectivity index (χ4v) is 3.79. The first-order valence-corrected chi connectivity index (χ1v) is 8.24. The number of hydrogen-bond acceptors (Lipinski definition) is 5. The second-order valence-electron chi connectivity index (χ2n) is 5.67. The van der Waals surface area contributed by atoms with E-state index in [9.17, 15) is 4.79 Å². The minimum absolute atomic E-state index is 0.132. The average molecular weight is 287 g/mol. The molecule has 1 heterocycles. The maximum Gasteiger partial charge on any atom is 0.325 e. The summed E-state index contributed by atoms with van der Waals surface area (Å²) in [5.41, 5.74) is -0.520. The van der Waals surface area contributed by atoms with E-state index in [2.05, 4.69) is 5.32 Å². The van der Waals surface area contributed by atoms with E-state index in [0.717, 1.165) is 38.2 Å². The van der Waals surface area contributed by atoms with Crippen molar-refractivity contribution in [1.82, 2.24) is 5.32 Å². The van der Waals surface area contributed by atoms with E-state index in [1.807, 2.05) is 18.7 Å². The van der Waals surface area contributed by atoms with Crippen molar-refractivity contribution in [3.05, 3.63) is 0 Å². The van der Waals surface area contributed by atoms with Crippen LogP contribution in [0.25, 0.3) is 0 Å². The third-order valence-corrected chi connectivity index (χ3v) is 5.24. The highest BCUT2D eigenvalue weighted by atomic mass is 32.2. The molecule has 1 aliphatic heterocycles. The van der Waals surface area contributed by atoms with Gasteiger partial charge in [-0.1, -0.05) is 0 Å². The van der Waals surface area contributed by atoms with E-state index >= 15 is 0 Å². The van der Waals surface area contributed by atoms with E-state index < -0.39 is 5.54 Å². The number of rotatable bonds is 7. The molecule has 1 atom stereocenters. The summed E-state index contributed by atoms with van der Waals surface area (Å²) < 4.78 is 10.3. The van der Waals surface area contributed by atoms with Gasteiger partial charge in [-0.15, -0.1) is 0 Å². The Morgan fingerprint density at radius 2 is 2.05 bits per heavy atom. The number of methoxy groups -OCH3 is 1. The zero-order valence-electron chi connectivity index (χ0n) is 11.9. The Morgan fingerprint density at radius 1 is 1.37 bits per heavy atom. The maximum absolute atomic E-state index is 12.0. The van der Waals surface area contributed by atoms with Crippen LogP contribution in [-0.4, -0.2) is 48.9 Å². The maximum atomic E-state index is 12.0. The lowest BCUT2D eigenvalue weighted by Gasteiger charge is -2.29. The van der Waals surface area contributed by atoms with E-state index in [1.165, 1.54) is 20.0 Å². The van der Waals surface area contributed by atoms with Crippen molar-refractivity contribution in [3.8, 4) is 0 Å². The first kappa shape index (κ1) is 15.1. The molecule has 0 aromatic carbocycles. The molecular weight excluding hydrogens is 262 g/mol. The van der Waals surface area contributed by atoms with Crippen molar-refractivity contribution in [2.75, 3.05) is 26.1 Å². The van der Waals surface area contributed by atoms with Crippen LogP contribution in [0.4, 0.5) is 0 Å². The second kappa shape index (κ2) is 6.95. The highest BCUT2D eigenvalue weighted by Gasteiger charge is 2.39. The predicted octanol–water partition coefficient (Wildman–Crippen LogP) is 1.97. The highest BCUT2D eigenvalue weighted by molar-refractivity contribution is 7.99. The molecule has 0 amide bonds. The molecule has 0 radical (unpaired) electrons. The van der Waals surface area contributed by atoms with Gasteiger partial charge in [0.1, 0.15) is 5.54 Å². The van der Waals surface area contributed by atoms with Crippen molar-refractivity contribution in [3.63, 3.8) is 0 Å². The zero-order valence-corrected chi connectivity index (χ0v) is 12.8. The minimum atomic E-state index is -0.520. The van der Waals surface area contributed by atoms with Gasteiger partial charge < -0.3 is 9.47 Å². The third kappa shape index (κ3) is 4.65. The summed E-state index contributed by atoms with van der Waals surface area (Å²) in [7, 11) is 1.47. The molecule has 2 aliphatic rings. The summed E-state index contributed by atoms with van der Waals surface area (Å²) in [4.78, 5) is 12.0. The smallest absolute Gasteiger partial charge is 0.325 e. The number of esters is 1. The molecule has 1 aliphatic carbocycles. The van der Waals surface area contributed by atoms with E-state index in [4.69, 9.17) is 9.47 Å². The number of nitrogens with one attached hydrogen (secondary N) is 1. The van der Waals surface area contributed by atoms with E-state index in [0.29, 0.717) is 11.3 Å². The molecule has 0 bridgehead atoms. The molecule has 4 nitrogen and oxygen atoms in total. The molecule has 0 aromatic rings. The van der Waals surface area contributed by atoms with Crippen molar-refractivity contribution < 1.29 is 14.3 Å². The monoisotopic (exact) mass is 287 g/mol. The van der Waals surface area contributed by atoms with Crippen LogP contribution in [0, 0.1) is 0 Å². The second-order valence-corrected chi connectivity index (χ2v) is 7.08. The third-order valence-electron chi connectivity index (χ3n) is 3.86. The molecule has 0 spiro atoms. The van der Waals surface area contributed by atoms with E-state index in [1.54, 1.807) is 0 Å². The van der Waals surface area contributed by atoms with Crippen molar-refractivity contribution in [2.24, 2.45) is 0 Å². The Morgan fingerprint density at radius 3 is 2.63 bits per heavy atom. The highest BCUT2D eigenvalue weighted by Crippen LogP contribution is 2.28. The van der Waals surface area contributed by atoms with Crippen LogP contribution in [0.1, 0.15) is 39.0 Å². The molecule has 2 fully saturated rings. The lowest BCUT2D eigenvalue weighted by atomic mass is 9.99. The molecule has 0 aromatic heterocycles. The van der Waals surface area contributed by atoms with Gasteiger partial charge in [-0.3, -0.25) is 10.1 Å². The number of thioether (sulfide) groups is 1. The topological polar surface area (TPSA) is 47.6 Å². The molecule has 2 rings (SSSR count). The number of hydrogen-bond donors (Lipinski definition) is 1. The summed E-state index contributed by atoms with van der Waals surface area (Å²) in [6, 6.07) is 0.511. The van der Waals surface area contributed by atoms with Crippen LogP contribution in [0.2, 0.25) is 0 Å². The molecule has 1 saturated carbocycles. The van der Waals surface area contributed by atoms with Crippen LogP contribution < -0.4 is 5.32 Å². The van der Waals surface area contributed by atoms with Crippen molar-refractivity contribution in [2.45, 2.75) is 55.9 Å². The number of ether oxygens (including phenoxy) is 2. The quantitative estimate of drug-likeness (QED) is 0.726. The summed E-state index contributed by atoms with van der Waals surface area (Å²) in [5, 5.41) is 4.13. The molecular formula is C14H25NO3S. The van der Waals surface area contributed by atoms with Gasteiger partial charge in [-0.2, -0.15) is 11.8 Å². The van der Waals surface area contributed by atoms with Gasteiger partial charge in [0.2, 0.25) is 0 Å². The SMILES string of the molecule is COC(=O)C(C)(CCSC1CCOCC1)NC1CC1. The fraction of sp³-hybridized carbons (Fsp3) is 0.929. The Kier molecular flexibility index (Phi) is 5.54. The Balaban J connectivity index is 1.76. The van der Waals surface area contributed by atoms with Gasteiger partial charge in [0.25, 0.3) is 0 Å².